The van der Waals surface area contributed by atoms with Gasteiger partial charge in [0.05, 0.1) is 11.2 Å². The number of hydrogen-bond acceptors (Lipinski definition) is 4. The third-order valence-electron chi connectivity index (χ3n) is 5.31. The lowest BCUT2D eigenvalue weighted by molar-refractivity contribution is -0.133. The molecule has 1 saturated carbocycles. The van der Waals surface area contributed by atoms with Crippen LogP contribution in [0, 0.1) is 5.92 Å². The van der Waals surface area contributed by atoms with Gasteiger partial charge in [-0.3, -0.25) is 10.1 Å². The van der Waals surface area contributed by atoms with Gasteiger partial charge in [-0.15, -0.1) is 0 Å². The van der Waals surface area contributed by atoms with Crippen LogP contribution in [-0.4, -0.2) is 37.7 Å². The van der Waals surface area contributed by atoms with E-state index in [1.165, 1.54) is 6.33 Å². The highest BCUT2D eigenvalue weighted by Gasteiger charge is 2.52. The lowest BCUT2D eigenvalue weighted by atomic mass is 9.98. The molecule has 132 valence electrons. The highest BCUT2D eigenvalue weighted by atomic mass is 16.2. The SMILES string of the molecule is CC(C)CN1C(=O)C2(CCCC2)N[C@@H]1c1ccc(-n2cncn2)cc1. The molecule has 1 aromatic heterocycles. The molecule has 1 amide bonds. The van der Waals surface area contributed by atoms with Crippen molar-refractivity contribution in [2.24, 2.45) is 5.92 Å². The Morgan fingerprint density at radius 2 is 1.96 bits per heavy atom. The molecular formula is C19H25N5O. The number of nitrogens with zero attached hydrogens (tertiary/aromatic N) is 4. The number of carbonyl (C=O) groups is 1. The number of carbonyl (C=O) groups excluding carboxylic acids is 1. The fourth-order valence-corrected chi connectivity index (χ4v) is 4.13. The van der Waals surface area contributed by atoms with Gasteiger partial charge in [-0.1, -0.05) is 38.8 Å². The Kier molecular flexibility index (Phi) is 4.07. The first-order valence-electron chi connectivity index (χ1n) is 9.13. The summed E-state index contributed by atoms with van der Waals surface area (Å²) in [6, 6.07) is 8.24. The molecule has 0 radical (unpaired) electrons. The molecule has 2 heterocycles. The normalized spacial score (nSPS) is 22.4. The van der Waals surface area contributed by atoms with Crippen molar-refractivity contribution in [2.45, 2.75) is 51.2 Å². The van der Waals surface area contributed by atoms with Crippen LogP contribution in [0.4, 0.5) is 0 Å². The van der Waals surface area contributed by atoms with Gasteiger partial charge in [0, 0.05) is 6.54 Å². The number of amides is 1. The van der Waals surface area contributed by atoms with Crippen LogP contribution in [0.5, 0.6) is 0 Å². The summed E-state index contributed by atoms with van der Waals surface area (Å²) in [5.74, 6) is 0.725. The highest BCUT2D eigenvalue weighted by molar-refractivity contribution is 5.89. The zero-order chi connectivity index (χ0) is 17.4. The van der Waals surface area contributed by atoms with Crippen molar-refractivity contribution >= 4 is 5.91 Å². The van der Waals surface area contributed by atoms with E-state index >= 15 is 0 Å². The van der Waals surface area contributed by atoms with E-state index in [9.17, 15) is 4.79 Å². The lowest BCUT2D eigenvalue weighted by Crippen LogP contribution is -2.44. The Morgan fingerprint density at radius 3 is 2.56 bits per heavy atom. The summed E-state index contributed by atoms with van der Waals surface area (Å²) in [5, 5.41) is 7.85. The van der Waals surface area contributed by atoms with E-state index in [0.29, 0.717) is 5.92 Å². The van der Waals surface area contributed by atoms with Gasteiger partial charge in [-0.2, -0.15) is 5.10 Å². The molecule has 1 atom stereocenters. The maximum Gasteiger partial charge on any atom is 0.244 e. The van der Waals surface area contributed by atoms with Crippen LogP contribution < -0.4 is 5.32 Å². The second kappa shape index (κ2) is 6.26. The average molecular weight is 339 g/mol. The van der Waals surface area contributed by atoms with Crippen LogP contribution in [-0.2, 0) is 4.79 Å². The van der Waals surface area contributed by atoms with Crippen LogP contribution in [0.1, 0.15) is 51.3 Å². The monoisotopic (exact) mass is 339 g/mol. The van der Waals surface area contributed by atoms with Crippen LogP contribution in [0.15, 0.2) is 36.9 Å². The predicted octanol–water partition coefficient (Wildman–Crippen LogP) is 2.67. The van der Waals surface area contributed by atoms with Gasteiger partial charge >= 0.3 is 0 Å². The fourth-order valence-electron chi connectivity index (χ4n) is 4.13. The van der Waals surface area contributed by atoms with Crippen molar-refractivity contribution in [2.75, 3.05) is 6.54 Å². The molecular weight excluding hydrogens is 314 g/mol. The van der Waals surface area contributed by atoms with Crippen LogP contribution in [0.3, 0.4) is 0 Å². The van der Waals surface area contributed by atoms with Crippen molar-refractivity contribution in [1.29, 1.82) is 0 Å². The van der Waals surface area contributed by atoms with Crippen LogP contribution in [0.2, 0.25) is 0 Å². The molecule has 6 heteroatoms. The van der Waals surface area contributed by atoms with E-state index in [-0.39, 0.29) is 17.6 Å². The van der Waals surface area contributed by atoms with Gasteiger partial charge < -0.3 is 4.90 Å². The zero-order valence-electron chi connectivity index (χ0n) is 14.9. The number of aromatic nitrogens is 3. The van der Waals surface area contributed by atoms with Crippen molar-refractivity contribution in [3.63, 3.8) is 0 Å². The van der Waals surface area contributed by atoms with Crippen molar-refractivity contribution in [1.82, 2.24) is 25.0 Å². The molecule has 1 saturated heterocycles. The van der Waals surface area contributed by atoms with E-state index in [1.54, 1.807) is 11.0 Å². The van der Waals surface area contributed by atoms with Crippen LogP contribution in [0.25, 0.3) is 5.69 Å². The lowest BCUT2D eigenvalue weighted by Gasteiger charge is -2.26. The molecule has 0 bridgehead atoms. The second-order valence-electron chi connectivity index (χ2n) is 7.62. The maximum atomic E-state index is 13.1. The smallest absolute Gasteiger partial charge is 0.244 e. The molecule has 2 fully saturated rings. The third kappa shape index (κ3) is 2.84. The van der Waals surface area contributed by atoms with Gasteiger partial charge in [0.1, 0.15) is 18.8 Å². The molecule has 1 aromatic carbocycles. The minimum atomic E-state index is -0.343. The Bertz CT molecular complexity index is 732. The zero-order valence-corrected chi connectivity index (χ0v) is 14.9. The quantitative estimate of drug-likeness (QED) is 0.930. The molecule has 1 spiro atoms. The summed E-state index contributed by atoms with van der Waals surface area (Å²) in [5.41, 5.74) is 1.75. The van der Waals surface area contributed by atoms with Crippen LogP contribution >= 0.6 is 0 Å². The number of hydrogen-bond donors (Lipinski definition) is 1. The molecule has 4 rings (SSSR count). The number of rotatable bonds is 4. The van der Waals surface area contributed by atoms with E-state index < -0.39 is 0 Å². The Labute approximate surface area is 148 Å². The van der Waals surface area contributed by atoms with Crippen molar-refractivity contribution < 1.29 is 4.79 Å². The first-order valence-corrected chi connectivity index (χ1v) is 9.13. The minimum absolute atomic E-state index is 0.0437. The first kappa shape index (κ1) is 16.3. The largest absolute Gasteiger partial charge is 0.321 e. The summed E-state index contributed by atoms with van der Waals surface area (Å²) < 4.78 is 1.74. The summed E-state index contributed by atoms with van der Waals surface area (Å²) in [7, 11) is 0. The number of nitrogens with one attached hydrogen (secondary N) is 1. The fraction of sp³-hybridized carbons (Fsp3) is 0.526. The number of benzene rings is 1. The van der Waals surface area contributed by atoms with Gasteiger partial charge in [-0.05, 0) is 36.5 Å². The van der Waals surface area contributed by atoms with Gasteiger partial charge in [0.2, 0.25) is 5.91 Å². The molecule has 1 N–H and O–H groups in total. The molecule has 6 nitrogen and oxygen atoms in total. The van der Waals surface area contributed by atoms with Gasteiger partial charge in [-0.25, -0.2) is 9.67 Å². The minimum Gasteiger partial charge on any atom is -0.321 e. The van der Waals surface area contributed by atoms with Gasteiger partial charge in [0.25, 0.3) is 0 Å². The molecule has 25 heavy (non-hydrogen) atoms. The molecule has 1 aliphatic carbocycles. The van der Waals surface area contributed by atoms with Crippen molar-refractivity contribution in [3.8, 4) is 5.69 Å². The molecule has 1 aliphatic heterocycles. The summed E-state index contributed by atoms with van der Waals surface area (Å²) in [6.07, 6.45) is 7.34. The molecule has 0 unspecified atom stereocenters. The second-order valence-corrected chi connectivity index (χ2v) is 7.62. The average Bonchev–Trinajstić information content (AvgIpc) is 3.33. The Hall–Kier alpha value is -2.21. The van der Waals surface area contributed by atoms with Gasteiger partial charge in [0.15, 0.2) is 0 Å². The highest BCUT2D eigenvalue weighted by Crippen LogP contribution is 2.41. The van der Waals surface area contributed by atoms with E-state index in [4.69, 9.17) is 0 Å². The van der Waals surface area contributed by atoms with E-state index in [0.717, 1.165) is 43.5 Å². The Balaban J connectivity index is 1.63. The molecule has 2 aliphatic rings. The summed E-state index contributed by atoms with van der Waals surface area (Å²) in [4.78, 5) is 19.2. The topological polar surface area (TPSA) is 63.1 Å². The summed E-state index contributed by atoms with van der Waals surface area (Å²) >= 11 is 0. The summed E-state index contributed by atoms with van der Waals surface area (Å²) in [6.45, 7) is 5.11. The predicted molar refractivity (Wildman–Crippen MR) is 95.0 cm³/mol. The first-order chi connectivity index (χ1) is 12.1. The maximum absolute atomic E-state index is 13.1. The molecule has 2 aromatic rings. The Morgan fingerprint density at radius 1 is 1.24 bits per heavy atom. The standard InChI is InChI=1S/C19H25N5O/c1-14(2)11-23-17(22-19(18(23)25)9-3-4-10-19)15-5-7-16(8-6-15)24-13-20-12-21-24/h5-8,12-14,17,22H,3-4,9-11H2,1-2H3/t17-/m0/s1. The van der Waals surface area contributed by atoms with E-state index in [2.05, 4.69) is 41.4 Å². The van der Waals surface area contributed by atoms with E-state index in [1.807, 2.05) is 17.0 Å². The third-order valence-corrected chi connectivity index (χ3v) is 5.31. The van der Waals surface area contributed by atoms with Crippen molar-refractivity contribution in [3.05, 3.63) is 42.5 Å².